The number of esters is 4. The van der Waals surface area contributed by atoms with Gasteiger partial charge in [-0.25, -0.2) is 9.59 Å². The van der Waals surface area contributed by atoms with Crippen molar-refractivity contribution in [3.8, 4) is 5.75 Å². The predicted octanol–water partition coefficient (Wildman–Crippen LogP) is 2.41. The van der Waals surface area contributed by atoms with Crippen molar-refractivity contribution >= 4 is 41.6 Å². The van der Waals surface area contributed by atoms with E-state index >= 15 is 0 Å². The first-order chi connectivity index (χ1) is 31.3. The van der Waals surface area contributed by atoms with Gasteiger partial charge in [0.05, 0.1) is 12.7 Å². The third-order valence-electron chi connectivity index (χ3n) is 10.8. The van der Waals surface area contributed by atoms with Gasteiger partial charge in [0.1, 0.15) is 66.7 Å². The molecule has 21 heteroatoms. The number of unbranched alkanes of at least 4 members (excludes halogenated alkanes) is 12. The molecule has 1 aromatic carbocycles. The normalized spacial score (nSPS) is 20.5. The van der Waals surface area contributed by atoms with Crippen LogP contribution < -0.4 is 0 Å². The molecule has 0 saturated carbocycles. The number of aliphatic carboxylic acids is 1. The number of Topliss-reactive ketones (excluding diaryl/α,β-unsaturated/α-hetero) is 1. The number of benzene rings is 1. The van der Waals surface area contributed by atoms with Crippen molar-refractivity contribution in [1.82, 2.24) is 0 Å². The molecular formula is C45H68O21. The predicted molar refractivity (Wildman–Crippen MR) is 228 cm³/mol. The number of ketones is 1. The average Bonchev–Trinajstić information content (AvgIpc) is 3.24. The molecule has 10 atom stereocenters. The Kier molecular flexibility index (Phi) is 26.5. The summed E-state index contributed by atoms with van der Waals surface area (Å²) in [6, 6.07) is 4.35. The van der Waals surface area contributed by atoms with Crippen molar-refractivity contribution in [3.63, 3.8) is 0 Å². The monoisotopic (exact) mass is 944 g/mol. The fourth-order valence-corrected chi connectivity index (χ4v) is 7.36. The summed E-state index contributed by atoms with van der Waals surface area (Å²) < 4.78 is 31.4. The molecule has 1 fully saturated rings. The van der Waals surface area contributed by atoms with Crippen LogP contribution >= 0.6 is 0 Å². The molecule has 1 saturated heterocycles. The van der Waals surface area contributed by atoms with E-state index in [4.69, 9.17) is 33.5 Å². The standard InChI is InChI=1S/C45H68O21/c1-26(18-15-13-11-9-7-5-4-6-8-10-12-14-16-20-30(49)22-29-19-17-21-31(50)36(29)43(58)59)62-44(60)41(63-27(2)47)39(56)38(55)33(25-61-35(53)23-34(51)52)66-45-42(64-28(3)48)40(57)37(54)32(24-46)65-45/h17,19,21,26,32-33,37-42,45-46,50,54-57H,4-16,18,20,22-25H2,1-3H3,(H,51,52)(H,58,59). The van der Waals surface area contributed by atoms with Gasteiger partial charge in [-0.05, 0) is 37.8 Å². The van der Waals surface area contributed by atoms with E-state index in [2.05, 4.69) is 0 Å². The van der Waals surface area contributed by atoms with Gasteiger partial charge < -0.3 is 69.3 Å². The van der Waals surface area contributed by atoms with Crippen molar-refractivity contribution in [2.45, 2.75) is 191 Å². The second-order valence-corrected chi connectivity index (χ2v) is 16.4. The molecule has 10 unspecified atom stereocenters. The van der Waals surface area contributed by atoms with Crippen LogP contribution in [0.2, 0.25) is 0 Å². The summed E-state index contributed by atoms with van der Waals surface area (Å²) in [4.78, 5) is 84.0. The van der Waals surface area contributed by atoms with Crippen molar-refractivity contribution in [2.75, 3.05) is 13.2 Å². The second-order valence-electron chi connectivity index (χ2n) is 16.4. The van der Waals surface area contributed by atoms with Gasteiger partial charge in [0.25, 0.3) is 0 Å². The topological polar surface area (TPSA) is 337 Å². The van der Waals surface area contributed by atoms with Crippen LogP contribution in [-0.4, -0.2) is 157 Å². The Morgan fingerprint density at radius 1 is 0.758 bits per heavy atom. The molecule has 8 N–H and O–H groups in total. The molecule has 0 bridgehead atoms. The van der Waals surface area contributed by atoms with E-state index in [1.165, 1.54) is 12.1 Å². The van der Waals surface area contributed by atoms with Gasteiger partial charge in [-0.2, -0.15) is 0 Å². The minimum Gasteiger partial charge on any atom is -0.507 e. The first-order valence-electron chi connectivity index (χ1n) is 22.4. The Morgan fingerprint density at radius 2 is 1.33 bits per heavy atom. The van der Waals surface area contributed by atoms with Gasteiger partial charge in [-0.15, -0.1) is 0 Å². The number of hydrogen-bond acceptors (Lipinski definition) is 19. The number of phenols is 1. The van der Waals surface area contributed by atoms with Crippen LogP contribution in [0.15, 0.2) is 18.2 Å². The molecule has 0 amide bonds. The molecule has 0 spiro atoms. The maximum atomic E-state index is 13.3. The second kappa shape index (κ2) is 30.5. The minimum absolute atomic E-state index is 0.0209. The summed E-state index contributed by atoms with van der Waals surface area (Å²) in [6.07, 6.45) is -6.20. The molecule has 0 radical (unpaired) electrons. The van der Waals surface area contributed by atoms with Crippen LogP contribution in [0.5, 0.6) is 5.75 Å². The molecule has 1 heterocycles. The Labute approximate surface area is 383 Å². The average molecular weight is 945 g/mol. The van der Waals surface area contributed by atoms with Gasteiger partial charge in [0.15, 0.2) is 12.4 Å². The third-order valence-corrected chi connectivity index (χ3v) is 10.8. The van der Waals surface area contributed by atoms with Crippen LogP contribution in [0.25, 0.3) is 0 Å². The highest BCUT2D eigenvalue weighted by molar-refractivity contribution is 5.94. The van der Waals surface area contributed by atoms with E-state index in [-0.39, 0.29) is 23.5 Å². The number of carbonyl (C=O) groups excluding carboxylic acids is 5. The number of aromatic hydroxyl groups is 1. The van der Waals surface area contributed by atoms with Crippen molar-refractivity contribution in [1.29, 1.82) is 0 Å². The summed E-state index contributed by atoms with van der Waals surface area (Å²) in [5.74, 6) is -7.84. The lowest BCUT2D eigenvalue weighted by Gasteiger charge is -2.43. The Hall–Kier alpha value is -4.77. The van der Waals surface area contributed by atoms with Gasteiger partial charge in [0.2, 0.25) is 6.10 Å². The Balaban J connectivity index is 1.78. The molecule has 1 aromatic rings. The van der Waals surface area contributed by atoms with E-state index in [0.717, 1.165) is 90.9 Å². The number of carboxylic acid groups (broad SMARTS) is 2. The maximum absolute atomic E-state index is 13.3. The third kappa shape index (κ3) is 20.8. The van der Waals surface area contributed by atoms with Gasteiger partial charge in [-0.1, -0.05) is 82.8 Å². The number of aliphatic hydroxyl groups is 5. The van der Waals surface area contributed by atoms with Crippen LogP contribution in [0.4, 0.5) is 0 Å². The fourth-order valence-electron chi connectivity index (χ4n) is 7.36. The van der Waals surface area contributed by atoms with Gasteiger partial charge in [-0.3, -0.25) is 24.0 Å². The zero-order chi connectivity index (χ0) is 49.3. The Bertz CT molecular complexity index is 1700. The van der Waals surface area contributed by atoms with E-state index < -0.39 is 117 Å². The first kappa shape index (κ1) is 57.4. The highest BCUT2D eigenvalue weighted by Gasteiger charge is 2.50. The number of aromatic carboxylic acids is 1. The first-order valence-corrected chi connectivity index (χ1v) is 22.4. The quantitative estimate of drug-likeness (QED) is 0.0217. The summed E-state index contributed by atoms with van der Waals surface area (Å²) >= 11 is 0. The molecule has 374 valence electrons. The molecular weight excluding hydrogens is 876 g/mol. The summed E-state index contributed by atoms with van der Waals surface area (Å²) in [5, 5.41) is 81.1. The lowest BCUT2D eigenvalue weighted by atomic mass is 9.98. The van der Waals surface area contributed by atoms with E-state index in [1.807, 2.05) is 0 Å². The lowest BCUT2D eigenvalue weighted by molar-refractivity contribution is -0.324. The van der Waals surface area contributed by atoms with Gasteiger partial charge >= 0.3 is 35.8 Å². The maximum Gasteiger partial charge on any atom is 0.350 e. The molecule has 2 rings (SSSR count). The lowest BCUT2D eigenvalue weighted by Crippen LogP contribution is -2.62. The SMILES string of the molecule is CC(=O)OC(C(=O)OC(C)CCCCCCCCCCCCCCCC(=O)Cc1cccc(O)c1C(=O)O)C(O)C(O)C(COC(=O)CC(=O)O)OC1OC(CO)C(O)C(O)C1OC(C)=O. The summed E-state index contributed by atoms with van der Waals surface area (Å²) in [7, 11) is 0. The molecule has 1 aliphatic rings. The zero-order valence-corrected chi connectivity index (χ0v) is 37.8. The molecule has 0 aliphatic carbocycles. The molecule has 0 aromatic heterocycles. The number of carbonyl (C=O) groups is 7. The fraction of sp³-hybridized carbons (Fsp3) is 0.711. The molecule has 21 nitrogen and oxygen atoms in total. The number of carboxylic acids is 2. The van der Waals surface area contributed by atoms with Crippen LogP contribution in [0.1, 0.15) is 139 Å². The number of hydrogen-bond donors (Lipinski definition) is 8. The van der Waals surface area contributed by atoms with E-state index in [0.29, 0.717) is 24.8 Å². The van der Waals surface area contributed by atoms with Gasteiger partial charge in [0, 0.05) is 26.7 Å². The van der Waals surface area contributed by atoms with Crippen LogP contribution in [0.3, 0.4) is 0 Å². The highest BCUT2D eigenvalue weighted by Crippen LogP contribution is 2.28. The van der Waals surface area contributed by atoms with Crippen molar-refractivity contribution in [3.05, 3.63) is 29.3 Å². The van der Waals surface area contributed by atoms with Crippen molar-refractivity contribution in [2.24, 2.45) is 0 Å². The summed E-state index contributed by atoms with van der Waals surface area (Å²) in [5.41, 5.74) is 0.0863. The molecule has 66 heavy (non-hydrogen) atoms. The van der Waals surface area contributed by atoms with E-state index in [1.54, 1.807) is 13.0 Å². The molecule has 1 aliphatic heterocycles. The number of ether oxygens (including phenoxy) is 6. The largest absolute Gasteiger partial charge is 0.507 e. The van der Waals surface area contributed by atoms with Crippen LogP contribution in [0, 0.1) is 0 Å². The van der Waals surface area contributed by atoms with Crippen molar-refractivity contribution < 1.29 is 103 Å². The Morgan fingerprint density at radius 3 is 1.86 bits per heavy atom. The number of aliphatic hydroxyl groups excluding tert-OH is 5. The smallest absolute Gasteiger partial charge is 0.350 e. The summed E-state index contributed by atoms with van der Waals surface area (Å²) in [6.45, 7) is 1.55. The number of rotatable bonds is 33. The minimum atomic E-state index is -2.35. The van der Waals surface area contributed by atoms with E-state index in [9.17, 15) is 69.3 Å². The highest BCUT2D eigenvalue weighted by atomic mass is 16.7. The zero-order valence-electron chi connectivity index (χ0n) is 37.8. The van der Waals surface area contributed by atoms with Crippen LogP contribution in [-0.2, 0) is 63.6 Å².